The molecule has 86 valence electrons. The van der Waals surface area contributed by atoms with Crippen molar-refractivity contribution >= 4 is 5.84 Å². The van der Waals surface area contributed by atoms with Crippen LogP contribution in [-0.2, 0) is 0 Å². The zero-order valence-corrected chi connectivity index (χ0v) is 10.5. The molecule has 16 heavy (non-hydrogen) atoms. The summed E-state index contributed by atoms with van der Waals surface area (Å²) < 4.78 is 0. The third kappa shape index (κ3) is 2.43. The molecule has 1 N–H and O–H groups in total. The van der Waals surface area contributed by atoms with Crippen LogP contribution in [0, 0.1) is 0 Å². The quantitative estimate of drug-likeness (QED) is 0.766. The summed E-state index contributed by atoms with van der Waals surface area (Å²) in [6.07, 6.45) is 1.05. The average molecular weight is 216 g/mol. The van der Waals surface area contributed by atoms with Crippen LogP contribution in [0.2, 0.25) is 0 Å². The van der Waals surface area contributed by atoms with Crippen molar-refractivity contribution < 1.29 is 0 Å². The Labute approximate surface area is 97.8 Å². The Kier molecular flexibility index (Phi) is 2.53. The van der Waals surface area contributed by atoms with Crippen LogP contribution in [0.3, 0.4) is 0 Å². The van der Waals surface area contributed by atoms with E-state index in [0.29, 0.717) is 0 Å². The maximum Gasteiger partial charge on any atom is 0.129 e. The number of benzene rings is 1. The first-order valence-corrected chi connectivity index (χ1v) is 5.82. The number of nitrogens with one attached hydrogen (secondary N) is 1. The van der Waals surface area contributed by atoms with Crippen LogP contribution < -0.4 is 5.32 Å². The van der Waals surface area contributed by atoms with Gasteiger partial charge in [0, 0.05) is 11.1 Å². The smallest absolute Gasteiger partial charge is 0.129 e. The van der Waals surface area contributed by atoms with E-state index in [4.69, 9.17) is 4.99 Å². The summed E-state index contributed by atoms with van der Waals surface area (Å²) in [5.41, 5.74) is 1.29. The molecule has 0 spiro atoms. The molecule has 1 aliphatic rings. The van der Waals surface area contributed by atoms with E-state index in [0.717, 1.165) is 12.3 Å². The molecule has 0 aromatic heterocycles. The van der Waals surface area contributed by atoms with E-state index in [1.165, 1.54) is 5.56 Å². The van der Waals surface area contributed by atoms with Gasteiger partial charge in [0.15, 0.2) is 0 Å². The second-order valence-corrected chi connectivity index (χ2v) is 5.82. The number of rotatable bonds is 1. The molecule has 0 bridgehead atoms. The highest BCUT2D eigenvalue weighted by atomic mass is 15.1. The minimum atomic E-state index is 0.0138. The van der Waals surface area contributed by atoms with Gasteiger partial charge in [-0.05, 0) is 34.1 Å². The van der Waals surface area contributed by atoms with Gasteiger partial charge in [0.05, 0.1) is 5.54 Å². The fraction of sp³-hybridized carbons (Fsp3) is 0.500. The third-order valence-corrected chi connectivity index (χ3v) is 2.79. The predicted octanol–water partition coefficient (Wildman–Crippen LogP) is 2.98. The van der Waals surface area contributed by atoms with E-state index in [-0.39, 0.29) is 11.1 Å². The van der Waals surface area contributed by atoms with Gasteiger partial charge in [-0.2, -0.15) is 0 Å². The Morgan fingerprint density at radius 3 is 2.25 bits per heavy atom. The summed E-state index contributed by atoms with van der Waals surface area (Å²) in [5.74, 6) is 1.02. The minimum Gasteiger partial charge on any atom is -0.365 e. The van der Waals surface area contributed by atoms with Crippen LogP contribution >= 0.6 is 0 Å². The summed E-state index contributed by atoms with van der Waals surface area (Å²) >= 11 is 0. The highest BCUT2D eigenvalue weighted by Gasteiger charge is 2.34. The Morgan fingerprint density at radius 1 is 1.06 bits per heavy atom. The maximum atomic E-state index is 4.79. The molecule has 2 rings (SSSR count). The summed E-state index contributed by atoms with van der Waals surface area (Å²) in [6, 6.07) is 10.3. The molecule has 1 aromatic rings. The van der Waals surface area contributed by atoms with Gasteiger partial charge in [0.25, 0.3) is 0 Å². The molecule has 2 nitrogen and oxygen atoms in total. The first-order chi connectivity index (χ1) is 7.38. The first kappa shape index (κ1) is 11.2. The van der Waals surface area contributed by atoms with Gasteiger partial charge in [-0.25, -0.2) is 0 Å². The van der Waals surface area contributed by atoms with Gasteiger partial charge in [0.2, 0.25) is 0 Å². The molecule has 1 heterocycles. The van der Waals surface area contributed by atoms with Gasteiger partial charge in [-0.1, -0.05) is 30.3 Å². The number of hydrogen-bond donors (Lipinski definition) is 1. The van der Waals surface area contributed by atoms with E-state index in [9.17, 15) is 0 Å². The number of aliphatic imine (C=N–C) groups is 1. The van der Waals surface area contributed by atoms with Crippen LogP contribution in [-0.4, -0.2) is 16.9 Å². The Hall–Kier alpha value is -1.31. The number of amidine groups is 1. The van der Waals surface area contributed by atoms with Crippen LogP contribution in [0.15, 0.2) is 35.3 Å². The fourth-order valence-electron chi connectivity index (χ4n) is 2.55. The highest BCUT2D eigenvalue weighted by Crippen LogP contribution is 2.28. The molecule has 0 fully saturated rings. The molecular formula is C14H20N2. The van der Waals surface area contributed by atoms with Crippen molar-refractivity contribution in [3.05, 3.63) is 35.9 Å². The van der Waals surface area contributed by atoms with Gasteiger partial charge in [0.1, 0.15) is 5.84 Å². The van der Waals surface area contributed by atoms with Crippen molar-refractivity contribution in [1.29, 1.82) is 0 Å². The molecular weight excluding hydrogens is 196 g/mol. The SMILES string of the molecule is CC1(C)CC(C)(C)NC(c2ccccc2)=N1. The van der Waals surface area contributed by atoms with Gasteiger partial charge in [-0.3, -0.25) is 4.99 Å². The monoisotopic (exact) mass is 216 g/mol. The number of hydrogen-bond acceptors (Lipinski definition) is 2. The molecule has 0 aliphatic carbocycles. The molecule has 1 aliphatic heterocycles. The number of nitrogens with zero attached hydrogens (tertiary/aromatic N) is 1. The zero-order chi connectivity index (χ0) is 11.8. The molecule has 0 amide bonds. The van der Waals surface area contributed by atoms with Crippen molar-refractivity contribution in [2.24, 2.45) is 4.99 Å². The summed E-state index contributed by atoms with van der Waals surface area (Å²) in [6.45, 7) is 8.84. The second kappa shape index (κ2) is 3.62. The molecule has 0 saturated heterocycles. The Morgan fingerprint density at radius 2 is 1.69 bits per heavy atom. The van der Waals surface area contributed by atoms with Gasteiger partial charge >= 0.3 is 0 Å². The van der Waals surface area contributed by atoms with E-state index in [1.54, 1.807) is 0 Å². The fourth-order valence-corrected chi connectivity index (χ4v) is 2.55. The molecule has 0 unspecified atom stereocenters. The van der Waals surface area contributed by atoms with Crippen molar-refractivity contribution in [1.82, 2.24) is 5.32 Å². The van der Waals surface area contributed by atoms with Crippen molar-refractivity contribution in [3.63, 3.8) is 0 Å². The summed E-state index contributed by atoms with van der Waals surface area (Å²) in [5, 5.41) is 3.51. The highest BCUT2D eigenvalue weighted by molar-refractivity contribution is 5.99. The largest absolute Gasteiger partial charge is 0.365 e. The summed E-state index contributed by atoms with van der Waals surface area (Å²) in [7, 11) is 0. The minimum absolute atomic E-state index is 0.0138. The van der Waals surface area contributed by atoms with Crippen LogP contribution in [0.25, 0.3) is 0 Å². The van der Waals surface area contributed by atoms with Crippen LogP contribution in [0.5, 0.6) is 0 Å². The summed E-state index contributed by atoms with van der Waals surface area (Å²) in [4.78, 5) is 4.79. The third-order valence-electron chi connectivity index (χ3n) is 2.79. The molecule has 0 radical (unpaired) electrons. The average Bonchev–Trinajstić information content (AvgIpc) is 2.14. The molecule has 0 atom stereocenters. The normalized spacial score (nSPS) is 22.1. The molecule has 0 saturated carbocycles. The van der Waals surface area contributed by atoms with Crippen molar-refractivity contribution in [3.8, 4) is 0 Å². The lowest BCUT2D eigenvalue weighted by Gasteiger charge is -2.40. The van der Waals surface area contributed by atoms with Crippen molar-refractivity contribution in [2.75, 3.05) is 0 Å². The Balaban J connectivity index is 2.38. The van der Waals surface area contributed by atoms with E-state index in [1.807, 2.05) is 18.2 Å². The van der Waals surface area contributed by atoms with E-state index >= 15 is 0 Å². The first-order valence-electron chi connectivity index (χ1n) is 5.82. The van der Waals surface area contributed by atoms with Crippen molar-refractivity contribution in [2.45, 2.75) is 45.2 Å². The predicted molar refractivity (Wildman–Crippen MR) is 68.9 cm³/mol. The topological polar surface area (TPSA) is 24.4 Å². The maximum absolute atomic E-state index is 4.79. The standard InChI is InChI=1S/C14H20N2/c1-13(2)10-14(3,4)16-12(15-13)11-8-6-5-7-9-11/h5-9H,10H2,1-4H3,(H,15,16). The lowest BCUT2D eigenvalue weighted by atomic mass is 9.85. The molecule has 1 aromatic carbocycles. The van der Waals surface area contributed by atoms with Gasteiger partial charge < -0.3 is 5.32 Å². The Bertz CT molecular complexity index is 402. The lowest BCUT2D eigenvalue weighted by Crippen LogP contribution is -2.52. The zero-order valence-electron chi connectivity index (χ0n) is 10.5. The van der Waals surface area contributed by atoms with E-state index < -0.39 is 0 Å². The van der Waals surface area contributed by atoms with Gasteiger partial charge in [-0.15, -0.1) is 0 Å². The van der Waals surface area contributed by atoms with E-state index in [2.05, 4.69) is 45.1 Å². The second-order valence-electron chi connectivity index (χ2n) is 5.82. The van der Waals surface area contributed by atoms with Crippen LogP contribution in [0.4, 0.5) is 0 Å². The lowest BCUT2D eigenvalue weighted by molar-refractivity contribution is 0.304. The molecule has 2 heteroatoms. The van der Waals surface area contributed by atoms with Crippen LogP contribution in [0.1, 0.15) is 39.7 Å².